The van der Waals surface area contributed by atoms with E-state index in [2.05, 4.69) is 30.2 Å². The molecule has 0 saturated heterocycles. The zero-order chi connectivity index (χ0) is 15.2. The first-order chi connectivity index (χ1) is 10.2. The van der Waals surface area contributed by atoms with E-state index in [0.717, 1.165) is 18.0 Å². The molecule has 1 heterocycles. The van der Waals surface area contributed by atoms with Crippen molar-refractivity contribution in [1.82, 2.24) is 10.3 Å². The van der Waals surface area contributed by atoms with Crippen LogP contribution in [0, 0.1) is 0 Å². The number of ether oxygens (including phenoxy) is 2. The van der Waals surface area contributed by atoms with Gasteiger partial charge in [-0.2, -0.15) is 0 Å². The Hall–Kier alpha value is -1.59. The minimum atomic E-state index is 0.243. The van der Waals surface area contributed by atoms with Gasteiger partial charge in [0.05, 0.1) is 19.2 Å². The van der Waals surface area contributed by atoms with Crippen LogP contribution in [0.2, 0.25) is 0 Å². The smallest absolute Gasteiger partial charge is 0.161 e. The summed E-state index contributed by atoms with van der Waals surface area (Å²) >= 11 is 1.70. The normalized spacial score (nSPS) is 13.7. The third-order valence-corrected chi connectivity index (χ3v) is 4.52. The number of aromatic nitrogens is 1. The van der Waals surface area contributed by atoms with Crippen LogP contribution in [0.5, 0.6) is 11.5 Å². The molecule has 2 rings (SSSR count). The summed E-state index contributed by atoms with van der Waals surface area (Å²) in [6, 6.07) is 6.26. The molecular formula is C16H22N2O2S. The molecule has 21 heavy (non-hydrogen) atoms. The summed E-state index contributed by atoms with van der Waals surface area (Å²) in [6.45, 7) is 5.23. The minimum absolute atomic E-state index is 0.243. The molecule has 5 heteroatoms. The lowest BCUT2D eigenvalue weighted by molar-refractivity contribution is 0.354. The molecule has 2 unspecified atom stereocenters. The van der Waals surface area contributed by atoms with E-state index in [9.17, 15) is 0 Å². The van der Waals surface area contributed by atoms with Crippen LogP contribution in [-0.4, -0.2) is 25.7 Å². The molecule has 0 spiro atoms. The molecule has 1 aromatic carbocycles. The maximum Gasteiger partial charge on any atom is 0.161 e. The lowest BCUT2D eigenvalue weighted by Crippen LogP contribution is -2.23. The van der Waals surface area contributed by atoms with Crippen LogP contribution < -0.4 is 14.8 Å². The SMILES string of the molecule is COc1ccc(C(C)NCC(C)c2nccs2)cc1OC. The van der Waals surface area contributed by atoms with Gasteiger partial charge in [0.15, 0.2) is 11.5 Å². The highest BCUT2D eigenvalue weighted by Crippen LogP contribution is 2.30. The molecule has 0 aliphatic carbocycles. The number of hydrogen-bond acceptors (Lipinski definition) is 5. The Bertz CT molecular complexity index is 557. The Kier molecular flexibility index (Phi) is 5.59. The van der Waals surface area contributed by atoms with Crippen LogP contribution in [0.1, 0.15) is 36.4 Å². The van der Waals surface area contributed by atoms with Gasteiger partial charge in [-0.1, -0.05) is 13.0 Å². The molecule has 1 aromatic heterocycles. The summed E-state index contributed by atoms with van der Waals surface area (Å²) in [5, 5.41) is 6.73. The van der Waals surface area contributed by atoms with Crippen molar-refractivity contribution in [3.63, 3.8) is 0 Å². The van der Waals surface area contributed by atoms with Crippen LogP contribution >= 0.6 is 11.3 Å². The maximum atomic E-state index is 5.35. The standard InChI is InChI=1S/C16H22N2O2S/c1-11(16-17-7-8-21-16)10-18-12(2)13-5-6-14(19-3)15(9-13)20-4/h5-9,11-12,18H,10H2,1-4H3. The summed E-state index contributed by atoms with van der Waals surface area (Å²) in [6.07, 6.45) is 1.86. The highest BCUT2D eigenvalue weighted by molar-refractivity contribution is 7.09. The Morgan fingerprint density at radius 2 is 1.95 bits per heavy atom. The molecule has 1 N–H and O–H groups in total. The van der Waals surface area contributed by atoms with E-state index < -0.39 is 0 Å². The number of thiazole rings is 1. The van der Waals surface area contributed by atoms with Crippen LogP contribution in [0.25, 0.3) is 0 Å². The van der Waals surface area contributed by atoms with E-state index in [0.29, 0.717) is 5.92 Å². The predicted octanol–water partition coefficient (Wildman–Crippen LogP) is 3.61. The largest absolute Gasteiger partial charge is 0.493 e. The first-order valence-corrected chi connectivity index (χ1v) is 7.88. The molecule has 0 aliphatic rings. The highest BCUT2D eigenvalue weighted by atomic mass is 32.1. The molecule has 0 aliphatic heterocycles. The second-order valence-electron chi connectivity index (χ2n) is 5.02. The highest BCUT2D eigenvalue weighted by Gasteiger charge is 2.13. The monoisotopic (exact) mass is 306 g/mol. The van der Waals surface area contributed by atoms with Gasteiger partial charge in [0.25, 0.3) is 0 Å². The average Bonchev–Trinajstić information content (AvgIpc) is 3.06. The van der Waals surface area contributed by atoms with Gasteiger partial charge < -0.3 is 14.8 Å². The van der Waals surface area contributed by atoms with Crippen molar-refractivity contribution in [2.24, 2.45) is 0 Å². The van der Waals surface area contributed by atoms with Gasteiger partial charge in [-0.25, -0.2) is 4.98 Å². The zero-order valence-electron chi connectivity index (χ0n) is 12.9. The lowest BCUT2D eigenvalue weighted by atomic mass is 10.1. The molecule has 114 valence electrons. The van der Waals surface area contributed by atoms with Crippen molar-refractivity contribution in [2.45, 2.75) is 25.8 Å². The number of benzene rings is 1. The fourth-order valence-corrected chi connectivity index (χ4v) is 2.86. The number of nitrogens with one attached hydrogen (secondary N) is 1. The summed E-state index contributed by atoms with van der Waals surface area (Å²) in [5.41, 5.74) is 1.18. The number of rotatable bonds is 7. The Morgan fingerprint density at radius 3 is 2.57 bits per heavy atom. The molecule has 0 amide bonds. The van der Waals surface area contributed by atoms with Gasteiger partial charge in [-0.15, -0.1) is 11.3 Å². The van der Waals surface area contributed by atoms with Gasteiger partial charge in [-0.3, -0.25) is 0 Å². The van der Waals surface area contributed by atoms with Crippen LogP contribution in [-0.2, 0) is 0 Å². The Balaban J connectivity index is 1.98. The van der Waals surface area contributed by atoms with Crippen molar-refractivity contribution in [3.05, 3.63) is 40.3 Å². The lowest BCUT2D eigenvalue weighted by Gasteiger charge is -2.18. The first kappa shape index (κ1) is 15.8. The molecule has 0 radical (unpaired) electrons. The van der Waals surface area contributed by atoms with E-state index >= 15 is 0 Å². The zero-order valence-corrected chi connectivity index (χ0v) is 13.7. The van der Waals surface area contributed by atoms with E-state index in [4.69, 9.17) is 9.47 Å². The molecule has 0 bridgehead atoms. The molecule has 4 nitrogen and oxygen atoms in total. The summed E-state index contributed by atoms with van der Waals surface area (Å²) in [4.78, 5) is 4.36. The van der Waals surface area contributed by atoms with Gasteiger partial charge in [0.2, 0.25) is 0 Å². The van der Waals surface area contributed by atoms with Crippen molar-refractivity contribution < 1.29 is 9.47 Å². The second-order valence-corrected chi connectivity index (χ2v) is 5.94. The number of hydrogen-bond donors (Lipinski definition) is 1. The average molecular weight is 306 g/mol. The quantitative estimate of drug-likeness (QED) is 0.848. The van der Waals surface area contributed by atoms with Gasteiger partial charge in [0.1, 0.15) is 0 Å². The maximum absolute atomic E-state index is 5.35. The van der Waals surface area contributed by atoms with Crippen molar-refractivity contribution in [3.8, 4) is 11.5 Å². The summed E-state index contributed by atoms with van der Waals surface area (Å²) < 4.78 is 10.6. The Labute approximate surface area is 130 Å². The van der Waals surface area contributed by atoms with E-state index in [1.165, 1.54) is 10.6 Å². The summed E-state index contributed by atoms with van der Waals surface area (Å²) in [5.74, 6) is 1.92. The minimum Gasteiger partial charge on any atom is -0.493 e. The second kappa shape index (κ2) is 7.43. The van der Waals surface area contributed by atoms with Crippen LogP contribution in [0.4, 0.5) is 0 Å². The molecule has 0 saturated carbocycles. The van der Waals surface area contributed by atoms with Crippen molar-refractivity contribution in [2.75, 3.05) is 20.8 Å². The third-order valence-electron chi connectivity index (χ3n) is 3.51. The van der Waals surface area contributed by atoms with E-state index in [-0.39, 0.29) is 6.04 Å². The van der Waals surface area contributed by atoms with E-state index in [1.807, 2.05) is 23.7 Å². The molecular weight excluding hydrogens is 284 g/mol. The molecule has 2 aromatic rings. The van der Waals surface area contributed by atoms with Crippen LogP contribution in [0.15, 0.2) is 29.8 Å². The Morgan fingerprint density at radius 1 is 1.19 bits per heavy atom. The predicted molar refractivity (Wildman–Crippen MR) is 86.5 cm³/mol. The first-order valence-electron chi connectivity index (χ1n) is 7.00. The number of nitrogens with zero attached hydrogens (tertiary/aromatic N) is 1. The third kappa shape index (κ3) is 3.95. The fourth-order valence-electron chi connectivity index (χ4n) is 2.16. The van der Waals surface area contributed by atoms with Gasteiger partial charge in [-0.05, 0) is 24.6 Å². The summed E-state index contributed by atoms with van der Waals surface area (Å²) in [7, 11) is 3.30. The van der Waals surface area contributed by atoms with Gasteiger partial charge >= 0.3 is 0 Å². The van der Waals surface area contributed by atoms with Gasteiger partial charge in [0, 0.05) is 30.1 Å². The number of methoxy groups -OCH3 is 2. The van der Waals surface area contributed by atoms with Crippen molar-refractivity contribution >= 4 is 11.3 Å². The van der Waals surface area contributed by atoms with Crippen molar-refractivity contribution in [1.29, 1.82) is 0 Å². The molecule has 0 fully saturated rings. The topological polar surface area (TPSA) is 43.4 Å². The molecule has 2 atom stereocenters. The van der Waals surface area contributed by atoms with E-state index in [1.54, 1.807) is 25.6 Å². The fraction of sp³-hybridized carbons (Fsp3) is 0.438. The van der Waals surface area contributed by atoms with Crippen LogP contribution in [0.3, 0.4) is 0 Å².